The lowest BCUT2D eigenvalue weighted by molar-refractivity contribution is 0.558. The van der Waals surface area contributed by atoms with Crippen LogP contribution < -0.4 is 10.9 Å². The molecular formula is C20H20FNO2. The molecule has 1 aromatic heterocycles. The van der Waals surface area contributed by atoms with Gasteiger partial charge < -0.3 is 9.73 Å². The van der Waals surface area contributed by atoms with Gasteiger partial charge in [0.2, 0.25) is 0 Å². The summed E-state index contributed by atoms with van der Waals surface area (Å²) >= 11 is 0. The summed E-state index contributed by atoms with van der Waals surface area (Å²) in [5.41, 5.74) is 4.05. The van der Waals surface area contributed by atoms with Crippen molar-refractivity contribution >= 4 is 16.7 Å². The molecule has 2 aromatic carbocycles. The zero-order valence-electron chi connectivity index (χ0n) is 14.0. The Kier molecular flexibility index (Phi) is 4.38. The monoisotopic (exact) mass is 325 g/mol. The molecule has 24 heavy (non-hydrogen) atoms. The van der Waals surface area contributed by atoms with E-state index in [1.807, 2.05) is 13.0 Å². The minimum Gasteiger partial charge on any atom is -0.423 e. The molecule has 124 valence electrons. The Labute approximate surface area is 140 Å². The average Bonchev–Trinajstić information content (AvgIpc) is 2.51. The van der Waals surface area contributed by atoms with Crippen molar-refractivity contribution in [2.24, 2.45) is 0 Å². The third-order valence-corrected chi connectivity index (χ3v) is 4.15. The minimum atomic E-state index is -0.379. The van der Waals surface area contributed by atoms with Gasteiger partial charge in [-0.05, 0) is 59.9 Å². The van der Waals surface area contributed by atoms with Crippen molar-refractivity contribution in [1.82, 2.24) is 0 Å². The average molecular weight is 325 g/mol. The molecule has 0 spiro atoms. The van der Waals surface area contributed by atoms with Crippen molar-refractivity contribution < 1.29 is 8.81 Å². The Morgan fingerprint density at radius 1 is 1.17 bits per heavy atom. The van der Waals surface area contributed by atoms with Crippen LogP contribution in [0.25, 0.3) is 11.0 Å². The lowest BCUT2D eigenvalue weighted by atomic mass is 9.95. The van der Waals surface area contributed by atoms with Gasteiger partial charge in [0.25, 0.3) is 0 Å². The molecule has 0 amide bonds. The van der Waals surface area contributed by atoms with Crippen molar-refractivity contribution in [3.8, 4) is 0 Å². The van der Waals surface area contributed by atoms with Crippen molar-refractivity contribution in [2.75, 3.05) is 5.32 Å². The Morgan fingerprint density at radius 3 is 2.67 bits per heavy atom. The molecule has 3 nitrogen and oxygen atoms in total. The van der Waals surface area contributed by atoms with E-state index in [-0.39, 0.29) is 11.4 Å². The van der Waals surface area contributed by atoms with Crippen molar-refractivity contribution in [1.29, 1.82) is 0 Å². The molecule has 0 saturated heterocycles. The molecule has 0 atom stereocenters. The van der Waals surface area contributed by atoms with Crippen LogP contribution in [0.4, 0.5) is 10.1 Å². The zero-order valence-corrected chi connectivity index (χ0v) is 14.0. The Hall–Kier alpha value is -2.62. The van der Waals surface area contributed by atoms with Crippen LogP contribution in [-0.2, 0) is 6.54 Å². The Balaban J connectivity index is 2.02. The SMILES string of the molecule is Cc1cc2oc(=O)cc(CNc3cccc(F)c3)c2cc1C(C)C. The summed E-state index contributed by atoms with van der Waals surface area (Å²) in [6.45, 7) is 6.72. The van der Waals surface area contributed by atoms with Gasteiger partial charge in [-0.3, -0.25) is 0 Å². The smallest absolute Gasteiger partial charge is 0.336 e. The largest absolute Gasteiger partial charge is 0.423 e. The maximum atomic E-state index is 13.3. The van der Waals surface area contributed by atoms with Crippen LogP contribution in [0.3, 0.4) is 0 Å². The van der Waals surface area contributed by atoms with Crippen molar-refractivity contribution in [3.05, 3.63) is 75.4 Å². The second-order valence-corrected chi connectivity index (χ2v) is 6.31. The maximum absolute atomic E-state index is 13.3. The summed E-state index contributed by atoms with van der Waals surface area (Å²) in [5.74, 6) is 0.0838. The summed E-state index contributed by atoms with van der Waals surface area (Å²) in [7, 11) is 0. The normalized spacial score (nSPS) is 11.2. The lowest BCUT2D eigenvalue weighted by Crippen LogP contribution is -2.07. The topological polar surface area (TPSA) is 42.2 Å². The van der Waals surface area contributed by atoms with E-state index >= 15 is 0 Å². The zero-order chi connectivity index (χ0) is 17.3. The van der Waals surface area contributed by atoms with E-state index in [1.54, 1.807) is 12.1 Å². The van der Waals surface area contributed by atoms with E-state index in [0.29, 0.717) is 23.7 Å². The van der Waals surface area contributed by atoms with Gasteiger partial charge in [-0.2, -0.15) is 0 Å². The van der Waals surface area contributed by atoms with Gasteiger partial charge in [0.05, 0.1) is 0 Å². The summed E-state index contributed by atoms with van der Waals surface area (Å²) in [6.07, 6.45) is 0. The van der Waals surface area contributed by atoms with E-state index in [0.717, 1.165) is 16.5 Å². The van der Waals surface area contributed by atoms with Gasteiger partial charge in [-0.25, -0.2) is 9.18 Å². The molecular weight excluding hydrogens is 305 g/mol. The van der Waals surface area contributed by atoms with E-state index < -0.39 is 0 Å². The minimum absolute atomic E-state index is 0.296. The highest BCUT2D eigenvalue weighted by atomic mass is 19.1. The predicted octanol–water partition coefficient (Wildman–Crippen LogP) is 4.98. The van der Waals surface area contributed by atoms with Gasteiger partial charge in [-0.1, -0.05) is 19.9 Å². The molecule has 1 heterocycles. The highest BCUT2D eigenvalue weighted by Crippen LogP contribution is 2.27. The number of aryl methyl sites for hydroxylation is 1. The maximum Gasteiger partial charge on any atom is 0.336 e. The molecule has 3 aromatic rings. The fourth-order valence-corrected chi connectivity index (χ4v) is 2.96. The van der Waals surface area contributed by atoms with Gasteiger partial charge in [0, 0.05) is 23.7 Å². The Bertz CT molecular complexity index is 944. The van der Waals surface area contributed by atoms with Crippen molar-refractivity contribution in [2.45, 2.75) is 33.2 Å². The van der Waals surface area contributed by atoms with Crippen molar-refractivity contribution in [3.63, 3.8) is 0 Å². The first-order chi connectivity index (χ1) is 11.4. The molecule has 0 aliphatic carbocycles. The van der Waals surface area contributed by atoms with Crippen LogP contribution in [0.15, 0.2) is 51.7 Å². The molecule has 0 aliphatic rings. The van der Waals surface area contributed by atoms with E-state index in [9.17, 15) is 9.18 Å². The third-order valence-electron chi connectivity index (χ3n) is 4.15. The number of nitrogens with one attached hydrogen (secondary N) is 1. The van der Waals surface area contributed by atoms with Crippen LogP contribution in [0.1, 0.15) is 36.5 Å². The summed E-state index contributed by atoms with van der Waals surface area (Å²) in [5, 5.41) is 4.07. The highest BCUT2D eigenvalue weighted by molar-refractivity contribution is 5.82. The summed E-state index contributed by atoms with van der Waals surface area (Å²) < 4.78 is 18.6. The first kappa shape index (κ1) is 16.2. The highest BCUT2D eigenvalue weighted by Gasteiger charge is 2.11. The number of fused-ring (bicyclic) bond motifs is 1. The second-order valence-electron chi connectivity index (χ2n) is 6.31. The third kappa shape index (κ3) is 3.32. The van der Waals surface area contributed by atoms with Crippen LogP contribution in [-0.4, -0.2) is 0 Å². The summed E-state index contributed by atoms with van der Waals surface area (Å²) in [6, 6.07) is 11.8. The number of halogens is 1. The molecule has 0 saturated carbocycles. The number of hydrogen-bond acceptors (Lipinski definition) is 3. The van der Waals surface area contributed by atoms with Crippen LogP contribution in [0.2, 0.25) is 0 Å². The standard InChI is InChI=1S/C20H20FNO2/c1-12(2)17-10-18-14(8-20(23)24-19(18)7-13(17)3)11-22-16-6-4-5-15(21)9-16/h4-10,12,22H,11H2,1-3H3. The van der Waals surface area contributed by atoms with Crippen LogP contribution in [0, 0.1) is 12.7 Å². The number of hydrogen-bond donors (Lipinski definition) is 1. The lowest BCUT2D eigenvalue weighted by Gasteiger charge is -2.13. The van der Waals surface area contributed by atoms with Gasteiger partial charge >= 0.3 is 5.63 Å². The van der Waals surface area contributed by atoms with E-state index in [4.69, 9.17) is 4.42 Å². The molecule has 0 radical (unpaired) electrons. The number of benzene rings is 2. The molecule has 4 heteroatoms. The molecule has 0 aliphatic heterocycles. The quantitative estimate of drug-likeness (QED) is 0.688. The molecule has 3 rings (SSSR count). The van der Waals surface area contributed by atoms with Gasteiger partial charge in [0.1, 0.15) is 11.4 Å². The van der Waals surface area contributed by atoms with E-state index in [2.05, 4.69) is 25.2 Å². The number of anilines is 1. The van der Waals surface area contributed by atoms with Crippen LogP contribution in [0.5, 0.6) is 0 Å². The second kappa shape index (κ2) is 6.48. The van der Waals surface area contributed by atoms with Gasteiger partial charge in [-0.15, -0.1) is 0 Å². The summed E-state index contributed by atoms with van der Waals surface area (Å²) in [4.78, 5) is 11.8. The first-order valence-electron chi connectivity index (χ1n) is 8.01. The fourth-order valence-electron chi connectivity index (χ4n) is 2.96. The Morgan fingerprint density at radius 2 is 1.96 bits per heavy atom. The molecule has 1 N–H and O–H groups in total. The first-order valence-corrected chi connectivity index (χ1v) is 8.01. The molecule has 0 bridgehead atoms. The fraction of sp³-hybridized carbons (Fsp3) is 0.250. The van der Waals surface area contributed by atoms with Crippen LogP contribution >= 0.6 is 0 Å². The van der Waals surface area contributed by atoms with E-state index in [1.165, 1.54) is 23.8 Å². The molecule has 0 fully saturated rings. The number of rotatable bonds is 4. The molecule has 0 unspecified atom stereocenters. The predicted molar refractivity (Wildman–Crippen MR) is 95.0 cm³/mol. The van der Waals surface area contributed by atoms with Gasteiger partial charge in [0.15, 0.2) is 0 Å².